The van der Waals surface area contributed by atoms with E-state index in [1.54, 1.807) is 0 Å². The lowest BCUT2D eigenvalue weighted by Crippen LogP contribution is -2.69. The highest BCUT2D eigenvalue weighted by Gasteiger charge is 2.55. The highest BCUT2D eigenvalue weighted by molar-refractivity contribution is 5.73. The molecule has 113 heavy (non-hydrogen) atoms. The number of amides is 1. The number of aliphatic hydroxyl groups is 8. The molecule has 0 saturated carbocycles. The van der Waals surface area contributed by atoms with Crippen molar-refractivity contribution in [1.29, 1.82) is 0 Å². The first-order valence-corrected chi connectivity index (χ1v) is 45.8. The van der Waals surface area contributed by atoms with Crippen LogP contribution in [0.4, 0.5) is 0 Å². The summed E-state index contributed by atoms with van der Waals surface area (Å²) in [5.41, 5.74) is -0.555. The highest BCUT2D eigenvalue weighted by Crippen LogP contribution is 2.36. The molecule has 1 amide bonds. The largest absolute Gasteiger partial charge is 0.394 e. The van der Waals surface area contributed by atoms with Crippen molar-refractivity contribution >= 4 is 5.91 Å². The second-order valence-corrected chi connectivity index (χ2v) is 37.7. The van der Waals surface area contributed by atoms with E-state index in [0.717, 1.165) is 72.5 Å². The number of nitrogens with one attached hydrogen (secondary N) is 1. The van der Waals surface area contributed by atoms with Gasteiger partial charge in [-0.2, -0.15) is 0 Å². The molecule has 0 aromatic rings. The molecular weight excluding hydrogens is 1440 g/mol. The summed E-state index contributed by atoms with van der Waals surface area (Å²) in [6.45, 7) is 41.6. The van der Waals surface area contributed by atoms with Crippen LogP contribution in [0.1, 0.15) is 310 Å². The fraction of sp³-hybridized carbons (Fsp3) is 0.989. The maximum Gasteiger partial charge on any atom is 0.217 e. The molecule has 0 aliphatic carbocycles. The summed E-state index contributed by atoms with van der Waals surface area (Å²) in [5, 5.41) is 87.9. The Kier molecular flexibility index (Phi) is 58.0. The Morgan fingerprint density at radius 3 is 0.947 bits per heavy atom. The van der Waals surface area contributed by atoms with Crippen LogP contribution in [-0.4, -0.2) is 238 Å². The predicted octanol–water partition coefficient (Wildman–Crippen LogP) is 15.1. The van der Waals surface area contributed by atoms with Crippen molar-refractivity contribution < 1.29 is 102 Å². The molecule has 672 valence electrons. The number of aliphatic hydroxyl groups excluding tert-OH is 8. The zero-order chi connectivity index (χ0) is 83.7. The standard InChI is InChI=1S/C91H177NO21/c1-63(2)27-18-30-66(7)33-21-36-69(10)39-24-42-72(13)45-48-104-59-91(60-105-49-46-73(14)43-25-40-70(11)37-22-34-67(8)31-19-28-64(3)4,61-106-50-47-74(15)44-26-41-71(12)38-23-35-68(9)32-20-29-65(5)6)62-107-54-53-102-51-52-103-55-56-108-88-79(92-76(17)95)87(113-89-84(100)82(98)80(96)75(16)109-89)86(78(58-94)111-88)112-90-85(101)83(99)81(97)77(57-93)110-90/h63-75,77-90,93-94,96-101H,18-62H2,1-17H3,(H,92,95)/t66?,67?,68?,69?,70?,71?,72?,73?,74?,75-,77+,78+,79+,80+,81-,82+,83-,84-,85+,86+,87+,88+,89-,90-,91?/m0/s1. The van der Waals surface area contributed by atoms with Gasteiger partial charge in [0.15, 0.2) is 18.9 Å². The topological polar surface area (TPSA) is 302 Å². The van der Waals surface area contributed by atoms with Gasteiger partial charge in [-0.05, 0) is 97.2 Å². The first-order valence-electron chi connectivity index (χ1n) is 45.8. The molecule has 0 aromatic carbocycles. The lowest BCUT2D eigenvalue weighted by molar-refractivity contribution is -0.373. The minimum absolute atomic E-state index is 0.0320. The van der Waals surface area contributed by atoms with Crippen LogP contribution in [0, 0.1) is 76.4 Å². The third-order valence-electron chi connectivity index (χ3n) is 24.4. The summed E-state index contributed by atoms with van der Waals surface area (Å²) in [6, 6.07) is -1.31. The van der Waals surface area contributed by atoms with Crippen molar-refractivity contribution in [2.45, 2.75) is 402 Å². The molecule has 24 atom stereocenters. The van der Waals surface area contributed by atoms with Crippen LogP contribution in [0.3, 0.4) is 0 Å². The molecule has 0 aromatic heterocycles. The van der Waals surface area contributed by atoms with Gasteiger partial charge in [0.1, 0.15) is 67.1 Å². The first kappa shape index (κ1) is 106. The smallest absolute Gasteiger partial charge is 0.217 e. The fourth-order valence-corrected chi connectivity index (χ4v) is 16.3. The van der Waals surface area contributed by atoms with Crippen LogP contribution < -0.4 is 5.32 Å². The average molecular weight is 1620 g/mol. The van der Waals surface area contributed by atoms with Crippen LogP contribution in [0.5, 0.6) is 0 Å². The van der Waals surface area contributed by atoms with Crippen LogP contribution in [0.15, 0.2) is 0 Å². The van der Waals surface area contributed by atoms with Gasteiger partial charge in [0, 0.05) is 26.7 Å². The lowest BCUT2D eigenvalue weighted by atomic mass is 9.90. The Hall–Kier alpha value is -1.33. The van der Waals surface area contributed by atoms with Crippen molar-refractivity contribution in [3.05, 3.63) is 0 Å². The summed E-state index contributed by atoms with van der Waals surface area (Å²) in [6.07, 6.45) is 16.2. The van der Waals surface area contributed by atoms with Crippen LogP contribution in [0.2, 0.25) is 0 Å². The Morgan fingerprint density at radius 1 is 0.327 bits per heavy atom. The van der Waals surface area contributed by atoms with Gasteiger partial charge < -0.3 is 103 Å². The van der Waals surface area contributed by atoms with Crippen molar-refractivity contribution in [1.82, 2.24) is 5.32 Å². The molecule has 3 heterocycles. The van der Waals surface area contributed by atoms with E-state index in [9.17, 15) is 45.6 Å². The number of rotatable bonds is 70. The molecule has 3 aliphatic heterocycles. The third kappa shape index (κ3) is 46.5. The molecular formula is C91H177NO21. The Morgan fingerprint density at radius 2 is 0.611 bits per heavy atom. The summed E-state index contributed by atoms with van der Waals surface area (Å²) < 4.78 is 75.1. The predicted molar refractivity (Wildman–Crippen MR) is 448 cm³/mol. The number of hydrogen-bond donors (Lipinski definition) is 9. The second kappa shape index (κ2) is 61.9. The van der Waals surface area contributed by atoms with Crippen molar-refractivity contribution in [2.75, 3.05) is 99.1 Å². The zero-order valence-corrected chi connectivity index (χ0v) is 74.8. The molecule has 3 rings (SSSR count). The molecule has 3 saturated heterocycles. The van der Waals surface area contributed by atoms with E-state index in [0.29, 0.717) is 77.2 Å². The summed E-state index contributed by atoms with van der Waals surface area (Å²) >= 11 is 0. The van der Waals surface area contributed by atoms with Crippen LogP contribution in [-0.2, 0) is 61.6 Å². The number of carbonyl (C=O) groups excluding carboxylic acids is 1. The Bertz CT molecular complexity index is 2130. The van der Waals surface area contributed by atoms with Crippen molar-refractivity contribution in [2.24, 2.45) is 76.4 Å². The summed E-state index contributed by atoms with van der Waals surface area (Å²) in [4.78, 5) is 12.9. The molecule has 0 radical (unpaired) electrons. The fourth-order valence-electron chi connectivity index (χ4n) is 16.3. The first-order chi connectivity index (χ1) is 53.9. The number of hydrogen-bond acceptors (Lipinski definition) is 21. The molecule has 22 heteroatoms. The van der Waals surface area contributed by atoms with E-state index in [-0.39, 0.29) is 26.4 Å². The van der Waals surface area contributed by atoms with Gasteiger partial charge in [-0.25, -0.2) is 0 Å². The normalized spacial score (nSPS) is 27.5. The second-order valence-electron chi connectivity index (χ2n) is 37.7. The van der Waals surface area contributed by atoms with E-state index >= 15 is 0 Å². The summed E-state index contributed by atoms with van der Waals surface area (Å²) in [7, 11) is 0. The molecule has 9 N–H and O–H groups in total. The highest BCUT2D eigenvalue weighted by atomic mass is 16.8. The van der Waals surface area contributed by atoms with Gasteiger partial charge in [-0.15, -0.1) is 0 Å². The van der Waals surface area contributed by atoms with Gasteiger partial charge >= 0.3 is 0 Å². The van der Waals surface area contributed by atoms with Gasteiger partial charge in [0.2, 0.25) is 5.91 Å². The van der Waals surface area contributed by atoms with Crippen LogP contribution >= 0.6 is 0 Å². The molecule has 22 nitrogen and oxygen atoms in total. The number of carbonyl (C=O) groups is 1. The Balaban J connectivity index is 1.70. The van der Waals surface area contributed by atoms with E-state index in [1.165, 1.54) is 187 Å². The van der Waals surface area contributed by atoms with Gasteiger partial charge in [0.05, 0.1) is 90.8 Å². The third-order valence-corrected chi connectivity index (χ3v) is 24.4. The van der Waals surface area contributed by atoms with E-state index in [4.69, 9.17) is 56.8 Å². The summed E-state index contributed by atoms with van der Waals surface area (Å²) in [5.74, 6) is 8.13. The van der Waals surface area contributed by atoms with Gasteiger partial charge in [0.25, 0.3) is 0 Å². The lowest BCUT2D eigenvalue weighted by Gasteiger charge is -2.50. The SMILES string of the molecule is CC(=O)N[C@H]1[C@H](OCCOCCOCCOCC(COCCC(C)CCCC(C)CCCC(C)CCCC(C)C)(COCCC(C)CCCC(C)CCCC(C)CCCC(C)C)COCCC(C)CCCC(C)CCCC(C)CCCC(C)C)O[C@H](CO)[C@@H](O[C@@H]2O[C@H](CO)[C@H](O)[C@H](O)[C@H]2O)[C@@H]1O[C@@H]1O[C@@H](C)[C@@H](O)[C@@H](O)[C@@H]1O. The van der Waals surface area contributed by atoms with E-state index in [2.05, 4.69) is 109 Å². The van der Waals surface area contributed by atoms with Crippen LogP contribution in [0.25, 0.3) is 0 Å². The van der Waals surface area contributed by atoms with Gasteiger partial charge in [-0.1, -0.05) is 277 Å². The molecule has 3 aliphatic rings. The Labute approximate surface area is 688 Å². The maximum atomic E-state index is 12.9. The zero-order valence-electron chi connectivity index (χ0n) is 74.8. The van der Waals surface area contributed by atoms with Crippen molar-refractivity contribution in [3.8, 4) is 0 Å². The van der Waals surface area contributed by atoms with Gasteiger partial charge in [-0.3, -0.25) is 4.79 Å². The molecule has 0 spiro atoms. The monoisotopic (exact) mass is 1620 g/mol. The maximum absolute atomic E-state index is 12.9. The minimum Gasteiger partial charge on any atom is -0.394 e. The quantitative estimate of drug-likeness (QED) is 0.0256. The minimum atomic E-state index is -1.88. The average Bonchev–Trinajstić information content (AvgIpc) is 0.767. The van der Waals surface area contributed by atoms with E-state index in [1.807, 2.05) is 0 Å². The molecule has 0 bridgehead atoms. The molecule has 9 unspecified atom stereocenters. The van der Waals surface area contributed by atoms with E-state index < -0.39 is 117 Å². The molecule has 3 fully saturated rings. The van der Waals surface area contributed by atoms with Crippen molar-refractivity contribution in [3.63, 3.8) is 0 Å². The number of ether oxygens (including phenoxy) is 12.